The Hall–Kier alpha value is -0.750. The molecule has 13 heavy (non-hydrogen) atoms. The third-order valence-electron chi connectivity index (χ3n) is 1.08. The van der Waals surface area contributed by atoms with Crippen LogP contribution in [0.3, 0.4) is 0 Å². The molecule has 0 radical (unpaired) electrons. The summed E-state index contributed by atoms with van der Waals surface area (Å²) in [7, 11) is 1.34. The number of alkyl halides is 2. The summed E-state index contributed by atoms with van der Waals surface area (Å²) in [5.74, 6) is -1.67. The molecule has 0 atom stereocenters. The maximum atomic E-state index is 12.6. The highest BCUT2D eigenvalue weighted by atomic mass is 19.3. The number of rotatable bonds is 6. The molecule has 0 aliphatic heterocycles. The van der Waals surface area contributed by atoms with Crippen molar-refractivity contribution in [1.29, 1.82) is 0 Å². The average Bonchev–Trinajstić information content (AvgIpc) is 2.05. The van der Waals surface area contributed by atoms with Crippen molar-refractivity contribution >= 4 is 5.97 Å². The summed E-state index contributed by atoms with van der Waals surface area (Å²) < 4.78 is 37.7. The van der Waals surface area contributed by atoms with Gasteiger partial charge in [0, 0.05) is 7.11 Å². The monoisotopic (exact) mass is 198 g/mol. The van der Waals surface area contributed by atoms with Gasteiger partial charge in [-0.05, 0) is 6.92 Å². The van der Waals surface area contributed by atoms with Gasteiger partial charge in [-0.3, -0.25) is 0 Å². The van der Waals surface area contributed by atoms with E-state index < -0.39 is 12.1 Å². The molecular weight excluding hydrogens is 186 g/mol. The van der Waals surface area contributed by atoms with Crippen molar-refractivity contribution in [2.75, 3.05) is 26.9 Å². The summed E-state index contributed by atoms with van der Waals surface area (Å²) in [5, 5.41) is 0. The lowest BCUT2D eigenvalue weighted by atomic mass is 10.6. The second-order valence-electron chi connectivity index (χ2n) is 2.08. The van der Waals surface area contributed by atoms with Crippen LogP contribution >= 0.6 is 0 Å². The third kappa shape index (κ3) is 4.74. The Kier molecular flexibility index (Phi) is 5.48. The number of hydrogen-bond donors (Lipinski definition) is 0. The van der Waals surface area contributed by atoms with E-state index in [0.29, 0.717) is 0 Å². The summed E-state index contributed by atoms with van der Waals surface area (Å²) >= 11 is 0. The van der Waals surface area contributed by atoms with E-state index in [-0.39, 0.29) is 19.8 Å². The predicted octanol–water partition coefficient (Wildman–Crippen LogP) is 0.805. The summed E-state index contributed by atoms with van der Waals surface area (Å²) in [6.45, 7) is 0.961. The number of carbonyl (C=O) groups is 1. The molecule has 0 aromatic rings. The van der Waals surface area contributed by atoms with Crippen LogP contribution in [0.15, 0.2) is 0 Å². The fourth-order valence-electron chi connectivity index (χ4n) is 0.527. The molecule has 0 aromatic carbocycles. The van der Waals surface area contributed by atoms with E-state index in [2.05, 4.69) is 14.2 Å². The molecule has 0 aromatic heterocycles. The molecule has 0 saturated carbocycles. The van der Waals surface area contributed by atoms with Crippen molar-refractivity contribution in [3.05, 3.63) is 0 Å². The van der Waals surface area contributed by atoms with Gasteiger partial charge in [-0.15, -0.1) is 0 Å². The van der Waals surface area contributed by atoms with Gasteiger partial charge in [0.1, 0.15) is 0 Å². The molecule has 0 unspecified atom stereocenters. The molecule has 0 fully saturated rings. The summed E-state index contributed by atoms with van der Waals surface area (Å²) in [6.07, 6.45) is -3.88. The number of methoxy groups -OCH3 is 1. The first-order valence-corrected chi connectivity index (χ1v) is 3.72. The third-order valence-corrected chi connectivity index (χ3v) is 1.08. The van der Waals surface area contributed by atoms with Gasteiger partial charge in [0.25, 0.3) is 0 Å². The Bertz CT molecular complexity index is 161. The Labute approximate surface area is 74.8 Å². The maximum absolute atomic E-state index is 12.6. The molecule has 0 rings (SSSR count). The first-order chi connectivity index (χ1) is 6.04. The quantitative estimate of drug-likeness (QED) is 0.468. The molecule has 0 saturated heterocycles. The number of ether oxygens (including phenoxy) is 3. The normalized spacial score (nSPS) is 11.4. The van der Waals surface area contributed by atoms with E-state index in [1.165, 1.54) is 14.0 Å². The van der Waals surface area contributed by atoms with E-state index in [9.17, 15) is 13.6 Å². The number of hydrogen-bond acceptors (Lipinski definition) is 4. The van der Waals surface area contributed by atoms with Gasteiger partial charge in [-0.2, -0.15) is 8.78 Å². The average molecular weight is 198 g/mol. The molecule has 0 heterocycles. The fraction of sp³-hybridized carbons (Fsp3) is 0.857. The van der Waals surface area contributed by atoms with Crippen LogP contribution in [0, 0.1) is 0 Å². The highest BCUT2D eigenvalue weighted by Gasteiger charge is 2.42. The van der Waals surface area contributed by atoms with Gasteiger partial charge in [0.05, 0.1) is 19.8 Å². The van der Waals surface area contributed by atoms with Crippen molar-refractivity contribution in [3.8, 4) is 0 Å². The zero-order valence-corrected chi connectivity index (χ0v) is 7.51. The standard InChI is InChI=1S/C7H12F2O4/c1-3-12-6(10)7(8,9)13-5-4-11-2/h3-5H2,1-2H3. The SMILES string of the molecule is CCOC(=O)C(F)(F)OCCOC. The van der Waals surface area contributed by atoms with Gasteiger partial charge in [-0.1, -0.05) is 0 Å². The number of halogens is 2. The Balaban J connectivity index is 3.83. The summed E-state index contributed by atoms with van der Waals surface area (Å²) in [4.78, 5) is 10.5. The van der Waals surface area contributed by atoms with Gasteiger partial charge < -0.3 is 14.2 Å². The van der Waals surface area contributed by atoms with Gasteiger partial charge in [0.2, 0.25) is 0 Å². The molecule has 6 heteroatoms. The van der Waals surface area contributed by atoms with Gasteiger partial charge in [0.15, 0.2) is 0 Å². The van der Waals surface area contributed by atoms with E-state index >= 15 is 0 Å². The van der Waals surface area contributed by atoms with Crippen LogP contribution in [0.4, 0.5) is 8.78 Å². The van der Waals surface area contributed by atoms with Crippen LogP contribution in [0.2, 0.25) is 0 Å². The van der Waals surface area contributed by atoms with Crippen molar-refractivity contribution in [3.63, 3.8) is 0 Å². The first-order valence-electron chi connectivity index (χ1n) is 3.72. The van der Waals surface area contributed by atoms with Crippen LogP contribution in [0.25, 0.3) is 0 Å². The molecule has 0 spiro atoms. The zero-order valence-electron chi connectivity index (χ0n) is 7.51. The molecular formula is C7H12F2O4. The number of carbonyl (C=O) groups excluding carboxylic acids is 1. The molecule has 0 aliphatic carbocycles. The van der Waals surface area contributed by atoms with Gasteiger partial charge in [-0.25, -0.2) is 4.79 Å². The highest BCUT2D eigenvalue weighted by molar-refractivity contribution is 5.75. The maximum Gasteiger partial charge on any atom is 0.456 e. The van der Waals surface area contributed by atoms with Crippen LogP contribution in [-0.2, 0) is 19.0 Å². The lowest BCUT2D eigenvalue weighted by Crippen LogP contribution is -2.34. The van der Waals surface area contributed by atoms with Crippen molar-refractivity contribution in [2.45, 2.75) is 13.0 Å². The summed E-state index contributed by atoms with van der Waals surface area (Å²) in [5.41, 5.74) is 0. The highest BCUT2D eigenvalue weighted by Crippen LogP contribution is 2.16. The lowest BCUT2D eigenvalue weighted by Gasteiger charge is -2.14. The smallest absolute Gasteiger partial charge is 0.456 e. The topological polar surface area (TPSA) is 44.8 Å². The molecule has 0 amide bonds. The predicted molar refractivity (Wildman–Crippen MR) is 39.4 cm³/mol. The van der Waals surface area contributed by atoms with Crippen molar-refractivity contribution in [2.24, 2.45) is 0 Å². The van der Waals surface area contributed by atoms with Crippen LogP contribution in [-0.4, -0.2) is 39.0 Å². The minimum atomic E-state index is -3.88. The van der Waals surface area contributed by atoms with Crippen LogP contribution < -0.4 is 0 Å². The van der Waals surface area contributed by atoms with E-state index in [0.717, 1.165) is 0 Å². The van der Waals surface area contributed by atoms with Crippen molar-refractivity contribution < 1.29 is 27.8 Å². The Morgan fingerprint density at radius 2 is 2.00 bits per heavy atom. The largest absolute Gasteiger partial charge is 0.460 e. The molecule has 0 N–H and O–H groups in total. The second kappa shape index (κ2) is 5.82. The molecule has 4 nitrogen and oxygen atoms in total. The second-order valence-corrected chi connectivity index (χ2v) is 2.08. The van der Waals surface area contributed by atoms with E-state index in [1.54, 1.807) is 0 Å². The van der Waals surface area contributed by atoms with E-state index in [1.807, 2.05) is 0 Å². The van der Waals surface area contributed by atoms with Crippen LogP contribution in [0.1, 0.15) is 6.92 Å². The minimum absolute atomic E-state index is 0.00497. The number of esters is 1. The first kappa shape index (κ1) is 12.2. The zero-order chi connectivity index (χ0) is 10.3. The molecule has 0 bridgehead atoms. The fourth-order valence-corrected chi connectivity index (χ4v) is 0.527. The molecule has 78 valence electrons. The lowest BCUT2D eigenvalue weighted by molar-refractivity contribution is -0.252. The van der Waals surface area contributed by atoms with Crippen molar-refractivity contribution in [1.82, 2.24) is 0 Å². The Morgan fingerprint density at radius 1 is 1.38 bits per heavy atom. The molecule has 0 aliphatic rings. The Morgan fingerprint density at radius 3 is 2.46 bits per heavy atom. The van der Waals surface area contributed by atoms with Crippen LogP contribution in [0.5, 0.6) is 0 Å². The van der Waals surface area contributed by atoms with E-state index in [4.69, 9.17) is 0 Å². The van der Waals surface area contributed by atoms with Gasteiger partial charge >= 0.3 is 12.1 Å². The summed E-state index contributed by atoms with van der Waals surface area (Å²) in [6, 6.07) is 0. The minimum Gasteiger partial charge on any atom is -0.460 e.